The SMILES string of the molecule is COc1ccccc1-c1nn(Cc2ccc(F)c(C(F)(F)F)c2)c(=O)c2c(C)noc12. The molecule has 0 radical (unpaired) electrons. The summed E-state index contributed by atoms with van der Waals surface area (Å²) in [4.78, 5) is 13.0. The first-order chi connectivity index (χ1) is 14.7. The van der Waals surface area contributed by atoms with Gasteiger partial charge in [-0.2, -0.15) is 18.3 Å². The molecule has 0 amide bonds. The molecular weight excluding hydrogens is 418 g/mol. The molecule has 2 aromatic heterocycles. The predicted molar refractivity (Wildman–Crippen MR) is 103 cm³/mol. The molecule has 0 spiro atoms. The molecule has 0 saturated carbocycles. The van der Waals surface area contributed by atoms with Crippen molar-refractivity contribution in [2.75, 3.05) is 7.11 Å². The molecule has 31 heavy (non-hydrogen) atoms. The molecule has 0 unspecified atom stereocenters. The molecule has 0 aliphatic rings. The molecule has 2 aromatic carbocycles. The van der Waals surface area contributed by atoms with E-state index in [0.29, 0.717) is 29.1 Å². The van der Waals surface area contributed by atoms with Crippen molar-refractivity contribution >= 4 is 11.0 Å². The normalized spacial score (nSPS) is 11.8. The van der Waals surface area contributed by atoms with Crippen LogP contribution < -0.4 is 10.3 Å². The fourth-order valence-electron chi connectivity index (χ4n) is 3.31. The van der Waals surface area contributed by atoms with Gasteiger partial charge in [0.1, 0.15) is 22.6 Å². The van der Waals surface area contributed by atoms with Crippen molar-refractivity contribution in [3.8, 4) is 17.0 Å². The van der Waals surface area contributed by atoms with Gasteiger partial charge in [-0.15, -0.1) is 0 Å². The Morgan fingerprint density at radius 1 is 1.16 bits per heavy atom. The van der Waals surface area contributed by atoms with Gasteiger partial charge < -0.3 is 9.26 Å². The minimum Gasteiger partial charge on any atom is -0.496 e. The van der Waals surface area contributed by atoms with Crippen LogP contribution in [0.3, 0.4) is 0 Å². The standard InChI is InChI=1S/C21H15F4N3O3/c1-11-17-19(31-27-11)18(13-5-3-4-6-16(13)30-2)26-28(20(17)29)10-12-7-8-15(22)14(9-12)21(23,24)25/h3-9H,10H2,1-2H3. The van der Waals surface area contributed by atoms with Crippen molar-refractivity contribution in [2.45, 2.75) is 19.6 Å². The van der Waals surface area contributed by atoms with Gasteiger partial charge in [0.2, 0.25) is 5.58 Å². The Kier molecular flexibility index (Phi) is 5.00. The van der Waals surface area contributed by atoms with E-state index in [1.807, 2.05) is 0 Å². The molecular formula is C21H15F4N3O3. The number of benzene rings is 2. The number of aryl methyl sites for hydroxylation is 1. The lowest BCUT2D eigenvalue weighted by Crippen LogP contribution is -2.24. The average molecular weight is 433 g/mol. The zero-order chi connectivity index (χ0) is 22.3. The summed E-state index contributed by atoms with van der Waals surface area (Å²) in [6.07, 6.45) is -4.87. The number of hydrogen-bond donors (Lipinski definition) is 0. The minimum absolute atomic E-state index is 0.0581. The third kappa shape index (κ3) is 3.65. The Morgan fingerprint density at radius 3 is 2.61 bits per heavy atom. The summed E-state index contributed by atoms with van der Waals surface area (Å²) >= 11 is 0. The molecule has 4 aromatic rings. The van der Waals surface area contributed by atoms with E-state index in [-0.39, 0.29) is 28.8 Å². The zero-order valence-corrected chi connectivity index (χ0v) is 16.3. The van der Waals surface area contributed by atoms with Gasteiger partial charge in [-0.25, -0.2) is 9.07 Å². The van der Waals surface area contributed by atoms with Gasteiger partial charge >= 0.3 is 6.18 Å². The number of halogens is 4. The second kappa shape index (κ2) is 7.53. The Balaban J connectivity index is 1.91. The van der Waals surface area contributed by atoms with Crippen LogP contribution in [0.4, 0.5) is 17.6 Å². The van der Waals surface area contributed by atoms with E-state index in [4.69, 9.17) is 9.26 Å². The summed E-state index contributed by atoms with van der Waals surface area (Å²) < 4.78 is 64.5. The van der Waals surface area contributed by atoms with Crippen LogP contribution in [0.5, 0.6) is 5.75 Å². The van der Waals surface area contributed by atoms with Gasteiger partial charge in [0.15, 0.2) is 0 Å². The predicted octanol–water partition coefficient (Wildman–Crippen LogP) is 4.57. The van der Waals surface area contributed by atoms with Crippen LogP contribution in [0.25, 0.3) is 22.2 Å². The second-order valence-corrected chi connectivity index (χ2v) is 6.80. The Morgan fingerprint density at radius 2 is 1.90 bits per heavy atom. The van der Waals surface area contributed by atoms with E-state index in [1.165, 1.54) is 13.2 Å². The molecule has 10 heteroatoms. The molecule has 0 atom stereocenters. The van der Waals surface area contributed by atoms with Crippen LogP contribution in [0.1, 0.15) is 16.8 Å². The van der Waals surface area contributed by atoms with Crippen molar-refractivity contribution < 1.29 is 26.8 Å². The third-order valence-corrected chi connectivity index (χ3v) is 4.78. The van der Waals surface area contributed by atoms with Gasteiger partial charge in [0.05, 0.1) is 24.9 Å². The highest BCUT2D eigenvalue weighted by atomic mass is 19.4. The van der Waals surface area contributed by atoms with E-state index in [1.54, 1.807) is 31.2 Å². The summed E-state index contributed by atoms with van der Waals surface area (Å²) in [5.41, 5.74) is -0.750. The topological polar surface area (TPSA) is 70.2 Å². The number of ether oxygens (including phenoxy) is 1. The van der Waals surface area contributed by atoms with E-state index < -0.39 is 23.1 Å². The maximum absolute atomic E-state index is 13.6. The van der Waals surface area contributed by atoms with Crippen molar-refractivity contribution in [3.63, 3.8) is 0 Å². The summed E-state index contributed by atoms with van der Waals surface area (Å²) in [7, 11) is 1.47. The number of fused-ring (bicyclic) bond motifs is 1. The average Bonchev–Trinajstić information content (AvgIpc) is 3.12. The maximum atomic E-state index is 13.6. The quantitative estimate of drug-likeness (QED) is 0.441. The van der Waals surface area contributed by atoms with Gasteiger partial charge in [-0.3, -0.25) is 4.79 Å². The van der Waals surface area contributed by atoms with Gasteiger partial charge in [0.25, 0.3) is 5.56 Å². The van der Waals surface area contributed by atoms with Crippen LogP contribution >= 0.6 is 0 Å². The number of rotatable bonds is 4. The number of hydrogen-bond acceptors (Lipinski definition) is 5. The van der Waals surface area contributed by atoms with E-state index in [0.717, 1.165) is 4.68 Å². The summed E-state index contributed by atoms with van der Waals surface area (Å²) in [5.74, 6) is -0.937. The molecule has 0 saturated heterocycles. The Labute approximate surface area is 172 Å². The van der Waals surface area contributed by atoms with Crippen LogP contribution in [0, 0.1) is 12.7 Å². The molecule has 4 rings (SSSR count). The molecule has 0 aliphatic carbocycles. The van der Waals surface area contributed by atoms with Crippen LogP contribution in [0.2, 0.25) is 0 Å². The van der Waals surface area contributed by atoms with Crippen molar-refractivity contribution in [2.24, 2.45) is 0 Å². The minimum atomic E-state index is -4.87. The lowest BCUT2D eigenvalue weighted by atomic mass is 10.1. The first-order valence-corrected chi connectivity index (χ1v) is 9.07. The van der Waals surface area contributed by atoms with Crippen LogP contribution in [0.15, 0.2) is 51.8 Å². The molecule has 0 bridgehead atoms. The Bertz CT molecular complexity index is 1340. The fraction of sp³-hybridized carbons (Fsp3) is 0.190. The largest absolute Gasteiger partial charge is 0.496 e. The van der Waals surface area contributed by atoms with E-state index >= 15 is 0 Å². The molecule has 0 fully saturated rings. The van der Waals surface area contributed by atoms with Crippen LogP contribution in [-0.2, 0) is 12.7 Å². The Hall–Kier alpha value is -3.69. The highest BCUT2D eigenvalue weighted by molar-refractivity contribution is 5.91. The van der Waals surface area contributed by atoms with E-state index in [9.17, 15) is 22.4 Å². The number of alkyl halides is 3. The number of nitrogens with zero attached hydrogens (tertiary/aromatic N) is 3. The highest BCUT2D eigenvalue weighted by Crippen LogP contribution is 2.34. The van der Waals surface area contributed by atoms with Crippen molar-refractivity contribution in [3.05, 3.63) is 75.5 Å². The van der Waals surface area contributed by atoms with Crippen LogP contribution in [-0.4, -0.2) is 22.0 Å². The van der Waals surface area contributed by atoms with Gasteiger partial charge in [-0.05, 0) is 36.8 Å². The summed E-state index contributed by atoms with van der Waals surface area (Å²) in [5, 5.41) is 8.30. The molecule has 2 heterocycles. The smallest absolute Gasteiger partial charge is 0.419 e. The van der Waals surface area contributed by atoms with Gasteiger partial charge in [-0.1, -0.05) is 23.4 Å². The lowest BCUT2D eigenvalue weighted by Gasteiger charge is -2.13. The van der Waals surface area contributed by atoms with Gasteiger partial charge in [0, 0.05) is 5.56 Å². The molecule has 160 valence electrons. The van der Waals surface area contributed by atoms with Crippen molar-refractivity contribution in [1.82, 2.24) is 14.9 Å². The molecule has 0 N–H and O–H groups in total. The number of para-hydroxylation sites is 1. The number of aromatic nitrogens is 3. The first-order valence-electron chi connectivity index (χ1n) is 9.07. The monoisotopic (exact) mass is 433 g/mol. The number of methoxy groups -OCH3 is 1. The molecule has 6 nitrogen and oxygen atoms in total. The summed E-state index contributed by atoms with van der Waals surface area (Å²) in [6.45, 7) is 1.26. The maximum Gasteiger partial charge on any atom is 0.419 e. The first kappa shape index (κ1) is 20.6. The second-order valence-electron chi connectivity index (χ2n) is 6.80. The van der Waals surface area contributed by atoms with Crippen molar-refractivity contribution in [1.29, 1.82) is 0 Å². The molecule has 0 aliphatic heterocycles. The zero-order valence-electron chi connectivity index (χ0n) is 16.3. The third-order valence-electron chi connectivity index (χ3n) is 4.78. The summed E-state index contributed by atoms with van der Waals surface area (Å²) in [6, 6.07) is 9.43. The fourth-order valence-corrected chi connectivity index (χ4v) is 3.31. The lowest BCUT2D eigenvalue weighted by molar-refractivity contribution is -0.140. The highest BCUT2D eigenvalue weighted by Gasteiger charge is 2.34. The van der Waals surface area contributed by atoms with E-state index in [2.05, 4.69) is 10.3 Å².